The van der Waals surface area contributed by atoms with Crippen LogP contribution in [0, 0.1) is 17.1 Å². The summed E-state index contributed by atoms with van der Waals surface area (Å²) >= 11 is 11.9. The second-order valence-corrected chi connectivity index (χ2v) is 5.02. The van der Waals surface area contributed by atoms with Gasteiger partial charge < -0.3 is 0 Å². The van der Waals surface area contributed by atoms with Crippen LogP contribution in [0.3, 0.4) is 0 Å². The first-order valence-corrected chi connectivity index (χ1v) is 6.79. The standard InChI is InChI=1S/C14H6Cl2FN5/c15-10-6-8(3-4-11(10)17)22-13(12(7-18)20-21-22)9-2-1-5-19-14(9)16/h1-6H. The maximum absolute atomic E-state index is 13.3. The van der Waals surface area contributed by atoms with Gasteiger partial charge in [0.05, 0.1) is 10.7 Å². The lowest BCUT2D eigenvalue weighted by Gasteiger charge is -2.08. The van der Waals surface area contributed by atoms with Gasteiger partial charge in [0.15, 0.2) is 5.69 Å². The van der Waals surface area contributed by atoms with Gasteiger partial charge in [-0.05, 0) is 30.3 Å². The van der Waals surface area contributed by atoms with Gasteiger partial charge in [-0.1, -0.05) is 28.4 Å². The molecule has 0 spiro atoms. The molecule has 0 amide bonds. The first kappa shape index (κ1) is 14.4. The molecular formula is C14H6Cl2FN5. The van der Waals surface area contributed by atoms with E-state index in [0.29, 0.717) is 16.9 Å². The average Bonchev–Trinajstić information content (AvgIpc) is 2.94. The van der Waals surface area contributed by atoms with E-state index >= 15 is 0 Å². The van der Waals surface area contributed by atoms with Gasteiger partial charge in [0, 0.05) is 11.8 Å². The number of pyridine rings is 1. The molecule has 3 aromatic rings. The third-order valence-corrected chi connectivity index (χ3v) is 3.53. The molecule has 2 aromatic heterocycles. The van der Waals surface area contributed by atoms with Crippen LogP contribution in [0.1, 0.15) is 5.69 Å². The van der Waals surface area contributed by atoms with Gasteiger partial charge in [0.2, 0.25) is 0 Å². The highest BCUT2D eigenvalue weighted by molar-refractivity contribution is 6.32. The molecule has 0 atom stereocenters. The van der Waals surface area contributed by atoms with Gasteiger partial charge in [-0.15, -0.1) is 5.10 Å². The van der Waals surface area contributed by atoms with Crippen LogP contribution in [0.5, 0.6) is 0 Å². The zero-order valence-electron chi connectivity index (χ0n) is 10.8. The van der Waals surface area contributed by atoms with Gasteiger partial charge in [0.1, 0.15) is 22.7 Å². The molecule has 0 aliphatic carbocycles. The molecule has 0 aliphatic heterocycles. The summed E-state index contributed by atoms with van der Waals surface area (Å²) in [5.41, 5.74) is 1.39. The molecule has 2 heterocycles. The highest BCUT2D eigenvalue weighted by Gasteiger charge is 2.19. The molecule has 0 bridgehead atoms. The van der Waals surface area contributed by atoms with Crippen molar-refractivity contribution in [2.75, 3.05) is 0 Å². The lowest BCUT2D eigenvalue weighted by molar-refractivity contribution is 0.627. The molecule has 0 unspecified atom stereocenters. The van der Waals surface area contributed by atoms with Crippen LogP contribution in [-0.2, 0) is 0 Å². The van der Waals surface area contributed by atoms with E-state index in [2.05, 4.69) is 15.3 Å². The third-order valence-electron chi connectivity index (χ3n) is 2.94. The van der Waals surface area contributed by atoms with Crippen molar-refractivity contribution in [2.45, 2.75) is 0 Å². The SMILES string of the molecule is N#Cc1nnn(-c2ccc(F)c(Cl)c2)c1-c1cccnc1Cl. The number of hydrogen-bond acceptors (Lipinski definition) is 4. The van der Waals surface area contributed by atoms with E-state index in [1.54, 1.807) is 12.1 Å². The molecule has 0 fully saturated rings. The molecular weight excluding hydrogens is 328 g/mol. The number of nitrogens with zero attached hydrogens (tertiary/aromatic N) is 5. The van der Waals surface area contributed by atoms with Crippen molar-refractivity contribution in [3.05, 3.63) is 58.2 Å². The first-order valence-electron chi connectivity index (χ1n) is 6.04. The molecule has 0 saturated carbocycles. The zero-order valence-corrected chi connectivity index (χ0v) is 12.3. The van der Waals surface area contributed by atoms with E-state index in [1.807, 2.05) is 6.07 Å². The predicted octanol–water partition coefficient (Wildman–Crippen LogP) is 3.65. The van der Waals surface area contributed by atoms with Gasteiger partial charge in [-0.2, -0.15) is 5.26 Å². The number of rotatable bonds is 2. The fraction of sp³-hybridized carbons (Fsp3) is 0. The monoisotopic (exact) mass is 333 g/mol. The maximum atomic E-state index is 13.3. The molecule has 0 radical (unpaired) electrons. The smallest absolute Gasteiger partial charge is 0.191 e. The summed E-state index contributed by atoms with van der Waals surface area (Å²) in [6.07, 6.45) is 1.53. The van der Waals surface area contributed by atoms with Crippen LogP contribution in [0.2, 0.25) is 10.2 Å². The largest absolute Gasteiger partial charge is 0.244 e. The topological polar surface area (TPSA) is 67.4 Å². The predicted molar refractivity (Wildman–Crippen MR) is 79.3 cm³/mol. The summed E-state index contributed by atoms with van der Waals surface area (Å²) < 4.78 is 14.7. The van der Waals surface area contributed by atoms with Crippen LogP contribution in [0.15, 0.2) is 36.5 Å². The van der Waals surface area contributed by atoms with Crippen molar-refractivity contribution in [1.29, 1.82) is 5.26 Å². The first-order chi connectivity index (χ1) is 10.6. The fourth-order valence-corrected chi connectivity index (χ4v) is 2.34. The van der Waals surface area contributed by atoms with Gasteiger partial charge >= 0.3 is 0 Å². The maximum Gasteiger partial charge on any atom is 0.191 e. The van der Waals surface area contributed by atoms with Crippen molar-refractivity contribution in [3.63, 3.8) is 0 Å². The molecule has 3 rings (SSSR count). The summed E-state index contributed by atoms with van der Waals surface area (Å²) in [5.74, 6) is -0.549. The number of aromatic nitrogens is 4. The van der Waals surface area contributed by atoms with Gasteiger partial charge in [-0.25, -0.2) is 14.1 Å². The minimum Gasteiger partial charge on any atom is -0.244 e. The Morgan fingerprint density at radius 2 is 2.05 bits per heavy atom. The molecule has 108 valence electrons. The summed E-state index contributed by atoms with van der Waals surface area (Å²) in [6, 6.07) is 9.39. The Kier molecular flexibility index (Phi) is 3.75. The van der Waals surface area contributed by atoms with E-state index in [0.717, 1.165) is 0 Å². The minimum atomic E-state index is -0.549. The zero-order chi connectivity index (χ0) is 15.7. The third kappa shape index (κ3) is 2.41. The highest BCUT2D eigenvalue weighted by Crippen LogP contribution is 2.30. The molecule has 0 N–H and O–H groups in total. The second-order valence-electron chi connectivity index (χ2n) is 4.25. The number of halogens is 3. The molecule has 5 nitrogen and oxygen atoms in total. The minimum absolute atomic E-state index is 0.0604. The van der Waals surface area contributed by atoms with Crippen LogP contribution >= 0.6 is 23.2 Å². The van der Waals surface area contributed by atoms with Crippen molar-refractivity contribution in [3.8, 4) is 23.0 Å². The highest BCUT2D eigenvalue weighted by atomic mass is 35.5. The Balaban J connectivity index is 2.27. The van der Waals surface area contributed by atoms with Crippen LogP contribution in [-0.4, -0.2) is 20.0 Å². The molecule has 0 saturated heterocycles. The summed E-state index contributed by atoms with van der Waals surface area (Å²) in [7, 11) is 0. The van der Waals surface area contributed by atoms with E-state index in [9.17, 15) is 9.65 Å². The van der Waals surface area contributed by atoms with E-state index < -0.39 is 5.82 Å². The lowest BCUT2D eigenvalue weighted by atomic mass is 10.1. The number of benzene rings is 1. The molecule has 1 aromatic carbocycles. The van der Waals surface area contributed by atoms with Gasteiger partial charge in [0.25, 0.3) is 0 Å². The quantitative estimate of drug-likeness (QED) is 0.671. The van der Waals surface area contributed by atoms with E-state index in [1.165, 1.54) is 29.1 Å². The van der Waals surface area contributed by atoms with Crippen molar-refractivity contribution in [2.24, 2.45) is 0 Å². The number of hydrogen-bond donors (Lipinski definition) is 0. The normalized spacial score (nSPS) is 10.5. The average molecular weight is 334 g/mol. The summed E-state index contributed by atoms with van der Waals surface area (Å²) in [6.45, 7) is 0. The van der Waals surface area contributed by atoms with Crippen LogP contribution < -0.4 is 0 Å². The Hall–Kier alpha value is -2.49. The summed E-state index contributed by atoms with van der Waals surface area (Å²) in [5, 5.41) is 17.1. The lowest BCUT2D eigenvalue weighted by Crippen LogP contribution is -2.01. The van der Waals surface area contributed by atoms with Crippen LogP contribution in [0.4, 0.5) is 4.39 Å². The summed E-state index contributed by atoms with van der Waals surface area (Å²) in [4.78, 5) is 3.98. The Morgan fingerprint density at radius 3 is 2.73 bits per heavy atom. The van der Waals surface area contributed by atoms with Crippen molar-refractivity contribution >= 4 is 23.2 Å². The fourth-order valence-electron chi connectivity index (χ4n) is 1.96. The van der Waals surface area contributed by atoms with Crippen molar-refractivity contribution in [1.82, 2.24) is 20.0 Å². The van der Waals surface area contributed by atoms with E-state index in [-0.39, 0.29) is 15.9 Å². The molecule has 8 heteroatoms. The number of nitriles is 1. The molecule has 22 heavy (non-hydrogen) atoms. The Labute approximate surface area is 134 Å². The van der Waals surface area contributed by atoms with Crippen LogP contribution in [0.25, 0.3) is 16.9 Å². The van der Waals surface area contributed by atoms with Gasteiger partial charge in [-0.3, -0.25) is 0 Å². The van der Waals surface area contributed by atoms with Crippen molar-refractivity contribution < 1.29 is 4.39 Å². The molecule has 0 aliphatic rings. The van der Waals surface area contributed by atoms with E-state index in [4.69, 9.17) is 23.2 Å². The Morgan fingerprint density at radius 1 is 1.23 bits per heavy atom. The second kappa shape index (κ2) is 5.72. The Bertz CT molecular complexity index is 900.